The molecule has 7 heteroatoms. The van der Waals surface area contributed by atoms with Crippen LogP contribution in [0.1, 0.15) is 27.9 Å². The number of hydrogen-bond acceptors (Lipinski definition) is 5. The lowest BCUT2D eigenvalue weighted by Crippen LogP contribution is -2.35. The van der Waals surface area contributed by atoms with Gasteiger partial charge in [0, 0.05) is 16.7 Å². The number of aryl methyl sites for hydroxylation is 2. The van der Waals surface area contributed by atoms with E-state index in [1.54, 1.807) is 12.1 Å². The summed E-state index contributed by atoms with van der Waals surface area (Å²) in [5, 5.41) is 8.91. The monoisotopic (exact) mass is 444 g/mol. The first kappa shape index (κ1) is 21.5. The molecule has 146 valence electrons. The molecule has 2 rings (SSSR count). The number of rotatable bonds is 7. The summed E-state index contributed by atoms with van der Waals surface area (Å²) in [6.07, 6.45) is 0.175. The van der Waals surface area contributed by atoms with Gasteiger partial charge in [0.15, 0.2) is 6.61 Å². The van der Waals surface area contributed by atoms with Crippen LogP contribution in [0.2, 0.25) is 0 Å². The number of halogens is 1. The van der Waals surface area contributed by atoms with Gasteiger partial charge >= 0.3 is 5.97 Å². The third-order valence-electron chi connectivity index (χ3n) is 3.99. The van der Waals surface area contributed by atoms with Crippen molar-refractivity contribution in [2.24, 2.45) is 0 Å². The van der Waals surface area contributed by atoms with Crippen LogP contribution in [0.3, 0.4) is 0 Å². The zero-order valence-corrected chi connectivity index (χ0v) is 17.6. The molecule has 0 spiro atoms. The Labute approximate surface area is 172 Å². The van der Waals surface area contributed by atoms with Crippen LogP contribution in [0, 0.1) is 25.2 Å². The van der Waals surface area contributed by atoms with E-state index in [4.69, 9.17) is 14.7 Å². The molecule has 0 bridgehead atoms. The summed E-state index contributed by atoms with van der Waals surface area (Å²) >= 11 is 3.30. The Bertz CT molecular complexity index is 901. The Morgan fingerprint density at radius 3 is 2.43 bits per heavy atom. The van der Waals surface area contributed by atoms with Crippen molar-refractivity contribution in [3.05, 3.63) is 57.6 Å². The van der Waals surface area contributed by atoms with Gasteiger partial charge in [-0.3, -0.25) is 4.79 Å². The first-order valence-electron chi connectivity index (χ1n) is 8.62. The number of benzene rings is 2. The van der Waals surface area contributed by atoms with Gasteiger partial charge in [0.25, 0.3) is 5.91 Å². The summed E-state index contributed by atoms with van der Waals surface area (Å²) in [5.74, 6) is -0.528. The standard InChI is InChI=1S/C21H21BrN2O4/c1-14-9-15(2)11-16(10-14)24(8-4-7-23)20(25)13-28-21(26)18-12-17(27-3)5-6-19(18)22/h5-6,9-12H,4,8,13H2,1-3H3. The van der Waals surface area contributed by atoms with Crippen LogP contribution in [0.5, 0.6) is 5.75 Å². The van der Waals surface area contributed by atoms with Crippen molar-refractivity contribution >= 4 is 33.5 Å². The number of hydrogen-bond donors (Lipinski definition) is 0. The maximum absolute atomic E-state index is 12.7. The highest BCUT2D eigenvalue weighted by atomic mass is 79.9. The molecule has 0 aliphatic carbocycles. The van der Waals surface area contributed by atoms with Gasteiger partial charge in [0.2, 0.25) is 0 Å². The van der Waals surface area contributed by atoms with Crippen molar-refractivity contribution in [2.75, 3.05) is 25.2 Å². The lowest BCUT2D eigenvalue weighted by atomic mass is 10.1. The predicted octanol–water partition coefficient (Wildman–Crippen LogP) is 4.18. The van der Waals surface area contributed by atoms with Crippen molar-refractivity contribution in [1.82, 2.24) is 0 Å². The van der Waals surface area contributed by atoms with Crippen molar-refractivity contribution < 1.29 is 19.1 Å². The summed E-state index contributed by atoms with van der Waals surface area (Å²) in [6.45, 7) is 3.66. The number of amides is 1. The van der Waals surface area contributed by atoms with Gasteiger partial charge in [-0.2, -0.15) is 5.26 Å². The molecule has 0 atom stereocenters. The SMILES string of the molecule is COc1ccc(Br)c(C(=O)OCC(=O)N(CCC#N)c2cc(C)cc(C)c2)c1. The van der Waals surface area contributed by atoms with Gasteiger partial charge in [0.1, 0.15) is 5.75 Å². The Hall–Kier alpha value is -2.85. The molecule has 6 nitrogen and oxygen atoms in total. The van der Waals surface area contributed by atoms with Crippen LogP contribution in [-0.4, -0.2) is 32.1 Å². The Morgan fingerprint density at radius 1 is 1.14 bits per heavy atom. The summed E-state index contributed by atoms with van der Waals surface area (Å²) in [5.41, 5.74) is 2.95. The van der Waals surface area contributed by atoms with E-state index in [9.17, 15) is 9.59 Å². The molecule has 0 radical (unpaired) electrons. The normalized spacial score (nSPS) is 10.1. The highest BCUT2D eigenvalue weighted by molar-refractivity contribution is 9.10. The molecule has 28 heavy (non-hydrogen) atoms. The zero-order chi connectivity index (χ0) is 20.7. The minimum Gasteiger partial charge on any atom is -0.497 e. The smallest absolute Gasteiger partial charge is 0.339 e. The molecular weight excluding hydrogens is 424 g/mol. The third-order valence-corrected chi connectivity index (χ3v) is 4.68. The Balaban J connectivity index is 2.15. The second-order valence-electron chi connectivity index (χ2n) is 6.22. The second-order valence-corrected chi connectivity index (χ2v) is 7.08. The number of esters is 1. The van der Waals surface area contributed by atoms with Crippen molar-refractivity contribution in [2.45, 2.75) is 20.3 Å². The average molecular weight is 445 g/mol. The summed E-state index contributed by atoms with van der Waals surface area (Å²) in [4.78, 5) is 26.6. The fourth-order valence-corrected chi connectivity index (χ4v) is 3.15. The first-order chi connectivity index (χ1) is 13.3. The quantitative estimate of drug-likeness (QED) is 0.598. The fourth-order valence-electron chi connectivity index (χ4n) is 2.74. The van der Waals surface area contributed by atoms with E-state index in [0.29, 0.717) is 15.9 Å². The van der Waals surface area contributed by atoms with Crippen molar-refractivity contribution in [1.29, 1.82) is 5.26 Å². The van der Waals surface area contributed by atoms with Gasteiger partial charge < -0.3 is 14.4 Å². The van der Waals surface area contributed by atoms with E-state index in [1.165, 1.54) is 18.1 Å². The third kappa shape index (κ3) is 5.57. The number of ether oxygens (including phenoxy) is 2. The van der Waals surface area contributed by atoms with E-state index < -0.39 is 18.5 Å². The van der Waals surface area contributed by atoms with E-state index >= 15 is 0 Å². The van der Waals surface area contributed by atoms with Crippen molar-refractivity contribution in [3.63, 3.8) is 0 Å². The van der Waals surface area contributed by atoms with E-state index in [1.807, 2.05) is 38.1 Å². The van der Waals surface area contributed by atoms with Crippen LogP contribution in [-0.2, 0) is 9.53 Å². The molecule has 0 unspecified atom stereocenters. The number of carbonyl (C=O) groups is 2. The zero-order valence-electron chi connectivity index (χ0n) is 16.0. The van der Waals surface area contributed by atoms with E-state index in [2.05, 4.69) is 15.9 Å². The molecule has 2 aromatic rings. The van der Waals surface area contributed by atoms with Gasteiger partial charge in [0.05, 0.1) is 25.2 Å². The highest BCUT2D eigenvalue weighted by Gasteiger charge is 2.20. The lowest BCUT2D eigenvalue weighted by Gasteiger charge is -2.22. The van der Waals surface area contributed by atoms with Gasteiger partial charge in [-0.25, -0.2) is 4.79 Å². The van der Waals surface area contributed by atoms with Gasteiger partial charge in [-0.15, -0.1) is 0 Å². The lowest BCUT2D eigenvalue weighted by molar-refractivity contribution is -0.121. The number of nitriles is 1. The van der Waals surface area contributed by atoms with Crippen LogP contribution < -0.4 is 9.64 Å². The number of carbonyl (C=O) groups excluding carboxylic acids is 2. The molecule has 0 N–H and O–H groups in total. The van der Waals surface area contributed by atoms with Crippen LogP contribution in [0.4, 0.5) is 5.69 Å². The Morgan fingerprint density at radius 2 is 1.82 bits per heavy atom. The fraction of sp³-hybridized carbons (Fsp3) is 0.286. The molecule has 0 fully saturated rings. The van der Waals surface area contributed by atoms with Crippen LogP contribution in [0.15, 0.2) is 40.9 Å². The number of nitrogens with zero attached hydrogens (tertiary/aromatic N) is 2. The van der Waals surface area contributed by atoms with Gasteiger partial charge in [-0.1, -0.05) is 6.07 Å². The largest absolute Gasteiger partial charge is 0.497 e. The maximum Gasteiger partial charge on any atom is 0.339 e. The topological polar surface area (TPSA) is 79.6 Å². The molecule has 2 aromatic carbocycles. The van der Waals surface area contributed by atoms with E-state index in [-0.39, 0.29) is 18.5 Å². The molecule has 0 aliphatic rings. The Kier molecular flexibility index (Phi) is 7.59. The molecule has 1 amide bonds. The molecular formula is C21H21BrN2O4. The van der Waals surface area contributed by atoms with Crippen molar-refractivity contribution in [3.8, 4) is 11.8 Å². The summed E-state index contributed by atoms with van der Waals surface area (Å²) < 4.78 is 10.9. The number of methoxy groups -OCH3 is 1. The number of anilines is 1. The van der Waals surface area contributed by atoms with Crippen LogP contribution >= 0.6 is 15.9 Å². The molecule has 0 saturated heterocycles. The summed E-state index contributed by atoms with van der Waals surface area (Å²) in [7, 11) is 1.50. The van der Waals surface area contributed by atoms with Gasteiger partial charge in [-0.05, 0) is 71.2 Å². The molecule has 0 heterocycles. The first-order valence-corrected chi connectivity index (χ1v) is 9.41. The predicted molar refractivity (Wildman–Crippen MR) is 109 cm³/mol. The van der Waals surface area contributed by atoms with E-state index in [0.717, 1.165) is 11.1 Å². The minimum absolute atomic E-state index is 0.175. The average Bonchev–Trinajstić information content (AvgIpc) is 2.66. The molecule has 0 saturated carbocycles. The highest BCUT2D eigenvalue weighted by Crippen LogP contribution is 2.24. The maximum atomic E-state index is 12.7. The minimum atomic E-state index is -0.639. The molecule has 0 aliphatic heterocycles. The molecule has 0 aromatic heterocycles. The second kappa shape index (κ2) is 9.90. The van der Waals surface area contributed by atoms with Crippen LogP contribution in [0.25, 0.3) is 0 Å². The summed E-state index contributed by atoms with van der Waals surface area (Å²) in [6, 6.07) is 12.7.